The van der Waals surface area contributed by atoms with Crippen LogP contribution in [-0.4, -0.2) is 16.1 Å². The molecule has 0 bridgehead atoms. The molecular weight excluding hydrogens is 162 g/mol. The summed E-state index contributed by atoms with van der Waals surface area (Å²) in [6, 6.07) is 1.88. The average molecular weight is 170 g/mol. The highest BCUT2D eigenvalue weighted by Crippen LogP contribution is 2.52. The normalized spacial score (nSPS) is 53.0. The zero-order chi connectivity index (χ0) is 8.06. The first kappa shape index (κ1) is 7.15. The number of halogens is 1. The van der Waals surface area contributed by atoms with E-state index in [1.807, 2.05) is 18.2 Å². The average Bonchev–Trinajstić information content (AvgIpc) is 2.48. The summed E-state index contributed by atoms with van der Waals surface area (Å²) in [6.45, 7) is 0. The number of allylic oxidation sites excluding steroid dienone is 2. The summed E-state index contributed by atoms with van der Waals surface area (Å²) in [5.74, 6) is 0.274. The van der Waals surface area contributed by atoms with Crippen LogP contribution in [0.25, 0.3) is 0 Å². The van der Waals surface area contributed by atoms with E-state index in [9.17, 15) is 5.11 Å². The fourth-order valence-electron chi connectivity index (χ4n) is 1.97. The Morgan fingerprint density at radius 2 is 2.45 bits per heavy atom. The van der Waals surface area contributed by atoms with Crippen molar-refractivity contribution in [3.8, 4) is 6.07 Å². The third-order valence-electron chi connectivity index (χ3n) is 2.72. The molecular formula is C8H8ClNO. The molecule has 4 atom stereocenters. The third kappa shape index (κ3) is 0.654. The lowest BCUT2D eigenvalue weighted by Gasteiger charge is -2.48. The molecule has 0 aliphatic heterocycles. The van der Waals surface area contributed by atoms with Gasteiger partial charge in [0.2, 0.25) is 0 Å². The minimum absolute atomic E-state index is 0.0509. The Kier molecular flexibility index (Phi) is 1.30. The van der Waals surface area contributed by atoms with Gasteiger partial charge in [-0.25, -0.2) is 0 Å². The Hall–Kier alpha value is -0.520. The summed E-state index contributed by atoms with van der Waals surface area (Å²) in [7, 11) is 0. The quantitative estimate of drug-likeness (QED) is 0.335. The van der Waals surface area contributed by atoms with E-state index in [2.05, 4.69) is 0 Å². The second kappa shape index (κ2) is 2.00. The molecule has 0 radical (unpaired) electrons. The summed E-state index contributed by atoms with van der Waals surface area (Å²) in [4.78, 5) is 0. The highest BCUT2D eigenvalue weighted by Gasteiger charge is 2.61. The van der Waals surface area contributed by atoms with Crippen molar-refractivity contribution in [1.29, 1.82) is 5.26 Å². The van der Waals surface area contributed by atoms with Gasteiger partial charge in [-0.05, 0) is 6.42 Å². The molecule has 2 aliphatic carbocycles. The lowest BCUT2D eigenvalue weighted by Crippen LogP contribution is -2.61. The van der Waals surface area contributed by atoms with Crippen molar-refractivity contribution < 1.29 is 5.11 Å². The molecule has 0 aromatic heterocycles. The van der Waals surface area contributed by atoms with Gasteiger partial charge in [0.25, 0.3) is 0 Å². The predicted molar refractivity (Wildman–Crippen MR) is 40.9 cm³/mol. The van der Waals surface area contributed by atoms with Crippen LogP contribution >= 0.6 is 11.6 Å². The van der Waals surface area contributed by atoms with Crippen LogP contribution in [0.2, 0.25) is 0 Å². The monoisotopic (exact) mass is 169 g/mol. The molecule has 1 N–H and O–H groups in total. The van der Waals surface area contributed by atoms with Gasteiger partial charge < -0.3 is 5.11 Å². The maximum Gasteiger partial charge on any atom is 0.171 e. The van der Waals surface area contributed by atoms with Gasteiger partial charge in [-0.1, -0.05) is 12.2 Å². The van der Waals surface area contributed by atoms with Crippen LogP contribution in [0.15, 0.2) is 12.2 Å². The summed E-state index contributed by atoms with van der Waals surface area (Å²) in [5, 5.41) is 17.9. The van der Waals surface area contributed by atoms with Crippen molar-refractivity contribution in [3.05, 3.63) is 12.2 Å². The van der Waals surface area contributed by atoms with E-state index in [1.165, 1.54) is 0 Å². The fraction of sp³-hybridized carbons (Fsp3) is 0.625. The molecule has 0 spiro atoms. The van der Waals surface area contributed by atoms with Crippen LogP contribution in [-0.2, 0) is 0 Å². The number of nitriles is 1. The van der Waals surface area contributed by atoms with Crippen molar-refractivity contribution in [1.82, 2.24) is 0 Å². The number of alkyl halides is 1. The van der Waals surface area contributed by atoms with E-state index < -0.39 is 11.0 Å². The first-order valence-corrected chi connectivity index (χ1v) is 4.08. The molecule has 1 fully saturated rings. The molecule has 0 saturated heterocycles. The van der Waals surface area contributed by atoms with Gasteiger partial charge in [-0.3, -0.25) is 0 Å². The van der Waals surface area contributed by atoms with Gasteiger partial charge in [-0.15, -0.1) is 11.6 Å². The smallest absolute Gasteiger partial charge is 0.171 e. The van der Waals surface area contributed by atoms with Gasteiger partial charge in [0.1, 0.15) is 0 Å². The summed E-state index contributed by atoms with van der Waals surface area (Å²) in [5.41, 5.74) is -1.27. The molecule has 0 aromatic carbocycles. The molecule has 0 amide bonds. The molecule has 58 valence electrons. The number of aliphatic hydroxyl groups is 1. The third-order valence-corrected chi connectivity index (χ3v) is 3.34. The summed E-state index contributed by atoms with van der Waals surface area (Å²) < 4.78 is 0. The molecule has 11 heavy (non-hydrogen) atoms. The van der Waals surface area contributed by atoms with Gasteiger partial charge in [0.15, 0.2) is 5.60 Å². The minimum Gasteiger partial charge on any atom is -0.374 e. The molecule has 0 aromatic rings. The number of hydrogen-bond acceptors (Lipinski definition) is 2. The number of fused-ring (bicyclic) bond motifs is 1. The Morgan fingerprint density at radius 1 is 1.73 bits per heavy atom. The van der Waals surface area contributed by atoms with Gasteiger partial charge in [0, 0.05) is 11.8 Å². The van der Waals surface area contributed by atoms with Crippen LogP contribution in [0.3, 0.4) is 0 Å². The van der Waals surface area contributed by atoms with E-state index in [0.29, 0.717) is 0 Å². The van der Waals surface area contributed by atoms with E-state index in [-0.39, 0.29) is 11.8 Å². The second-order valence-corrected chi connectivity index (χ2v) is 3.66. The Labute approximate surface area is 70.1 Å². The number of rotatable bonds is 0. The first-order valence-electron chi connectivity index (χ1n) is 3.64. The SMILES string of the molecule is N#C[C@@]1(O)[C@H](Cl)[C@@H]2C=CC[C@@H]21. The summed E-state index contributed by atoms with van der Waals surface area (Å²) in [6.07, 6.45) is 4.77. The Balaban J connectivity index is 2.26. The first-order chi connectivity index (χ1) is 5.20. The van der Waals surface area contributed by atoms with Crippen molar-refractivity contribution >= 4 is 11.6 Å². The van der Waals surface area contributed by atoms with Crippen molar-refractivity contribution in [2.45, 2.75) is 17.4 Å². The van der Waals surface area contributed by atoms with Crippen LogP contribution in [0.5, 0.6) is 0 Å². The maximum atomic E-state index is 9.62. The predicted octanol–water partition coefficient (Wildman–Crippen LogP) is 1.05. The largest absolute Gasteiger partial charge is 0.374 e. The number of hydrogen-bond donors (Lipinski definition) is 1. The van der Waals surface area contributed by atoms with Crippen LogP contribution < -0.4 is 0 Å². The van der Waals surface area contributed by atoms with Crippen molar-refractivity contribution in [2.24, 2.45) is 11.8 Å². The van der Waals surface area contributed by atoms with E-state index in [0.717, 1.165) is 6.42 Å². The number of nitrogens with zero attached hydrogens (tertiary/aromatic N) is 1. The Bertz CT molecular complexity index is 257. The zero-order valence-electron chi connectivity index (χ0n) is 5.87. The lowest BCUT2D eigenvalue weighted by molar-refractivity contribution is -0.0626. The highest BCUT2D eigenvalue weighted by molar-refractivity contribution is 6.23. The summed E-state index contributed by atoms with van der Waals surface area (Å²) >= 11 is 5.83. The molecule has 1 saturated carbocycles. The highest BCUT2D eigenvalue weighted by atomic mass is 35.5. The fourth-order valence-corrected chi connectivity index (χ4v) is 2.44. The molecule has 2 rings (SSSR count). The maximum absolute atomic E-state index is 9.62. The van der Waals surface area contributed by atoms with Gasteiger partial charge in [-0.2, -0.15) is 5.26 Å². The topological polar surface area (TPSA) is 44.0 Å². The Morgan fingerprint density at radius 3 is 3.09 bits per heavy atom. The van der Waals surface area contributed by atoms with Gasteiger partial charge in [0.05, 0.1) is 11.4 Å². The standard InChI is InChI=1S/C8H8ClNO/c9-7-5-2-1-3-6(5)8(7,11)4-10/h1-2,5-7,11H,3H2/t5-,6+,7-,8+/m1/s1. The van der Waals surface area contributed by atoms with Crippen molar-refractivity contribution in [3.63, 3.8) is 0 Å². The molecule has 2 nitrogen and oxygen atoms in total. The second-order valence-electron chi connectivity index (χ2n) is 3.19. The van der Waals surface area contributed by atoms with E-state index >= 15 is 0 Å². The van der Waals surface area contributed by atoms with Crippen molar-refractivity contribution in [2.75, 3.05) is 0 Å². The van der Waals surface area contributed by atoms with Crippen LogP contribution in [0.4, 0.5) is 0 Å². The minimum atomic E-state index is -1.27. The van der Waals surface area contributed by atoms with Crippen LogP contribution in [0.1, 0.15) is 6.42 Å². The molecule has 0 unspecified atom stereocenters. The van der Waals surface area contributed by atoms with E-state index in [4.69, 9.17) is 16.9 Å². The zero-order valence-corrected chi connectivity index (χ0v) is 6.62. The molecule has 3 heteroatoms. The van der Waals surface area contributed by atoms with Crippen LogP contribution in [0, 0.1) is 23.2 Å². The molecule has 2 aliphatic rings. The molecule has 0 heterocycles. The van der Waals surface area contributed by atoms with Gasteiger partial charge >= 0.3 is 0 Å². The lowest BCUT2D eigenvalue weighted by atomic mass is 9.63. The van der Waals surface area contributed by atoms with E-state index in [1.54, 1.807) is 0 Å².